The number of pyridine rings is 1. The minimum atomic E-state index is -0.510. The van der Waals surface area contributed by atoms with Crippen molar-refractivity contribution in [3.63, 3.8) is 0 Å². The van der Waals surface area contributed by atoms with E-state index >= 15 is 0 Å². The van der Waals surface area contributed by atoms with Crippen molar-refractivity contribution in [3.8, 4) is 10.7 Å². The zero-order valence-electron chi connectivity index (χ0n) is 7.71. The van der Waals surface area contributed by atoms with Crippen molar-refractivity contribution in [1.29, 1.82) is 0 Å². The van der Waals surface area contributed by atoms with Gasteiger partial charge in [-0.3, -0.25) is 4.98 Å². The van der Waals surface area contributed by atoms with E-state index in [0.717, 1.165) is 10.7 Å². The third-order valence-corrected chi connectivity index (χ3v) is 2.72. The Morgan fingerprint density at radius 1 is 1.43 bits per heavy atom. The lowest BCUT2D eigenvalue weighted by Gasteiger charge is -1.96. The lowest BCUT2D eigenvalue weighted by atomic mass is 10.3. The molecule has 3 nitrogen and oxygen atoms in total. The summed E-state index contributed by atoms with van der Waals surface area (Å²) in [6.07, 6.45) is 1.22. The average Bonchev–Trinajstić information content (AvgIpc) is 2.68. The number of aromatic nitrogens is 2. The van der Waals surface area contributed by atoms with E-state index in [1.165, 1.54) is 11.3 Å². The van der Waals surface area contributed by atoms with E-state index in [9.17, 15) is 5.11 Å². The van der Waals surface area contributed by atoms with E-state index in [0.29, 0.717) is 5.69 Å². The molecule has 0 spiro atoms. The topological polar surface area (TPSA) is 46.0 Å². The molecule has 1 N–H and O–H groups in total. The van der Waals surface area contributed by atoms with Crippen LogP contribution in [0.5, 0.6) is 0 Å². The van der Waals surface area contributed by atoms with E-state index in [1.807, 2.05) is 23.6 Å². The summed E-state index contributed by atoms with van der Waals surface area (Å²) in [5.74, 6) is 0. The second kappa shape index (κ2) is 3.86. The second-order valence-corrected chi connectivity index (χ2v) is 3.83. The molecule has 2 aromatic rings. The molecule has 2 rings (SSSR count). The van der Waals surface area contributed by atoms with Crippen LogP contribution in [-0.4, -0.2) is 15.1 Å². The Balaban J connectivity index is 2.34. The number of rotatable bonds is 2. The maximum Gasteiger partial charge on any atom is 0.142 e. The summed E-state index contributed by atoms with van der Waals surface area (Å²) in [5.41, 5.74) is 1.56. The Morgan fingerprint density at radius 3 is 2.86 bits per heavy atom. The van der Waals surface area contributed by atoms with Gasteiger partial charge in [-0.2, -0.15) is 0 Å². The van der Waals surface area contributed by atoms with Crippen molar-refractivity contribution in [2.24, 2.45) is 0 Å². The molecule has 0 amide bonds. The van der Waals surface area contributed by atoms with Crippen LogP contribution in [0.2, 0.25) is 0 Å². The Hall–Kier alpha value is -1.26. The van der Waals surface area contributed by atoms with Crippen LogP contribution in [0.15, 0.2) is 29.8 Å². The molecule has 72 valence electrons. The van der Waals surface area contributed by atoms with Gasteiger partial charge in [-0.15, -0.1) is 11.3 Å². The lowest BCUT2D eigenvalue weighted by molar-refractivity contribution is 0.195. The van der Waals surface area contributed by atoms with Gasteiger partial charge in [0, 0.05) is 11.6 Å². The smallest absolute Gasteiger partial charge is 0.142 e. The zero-order valence-corrected chi connectivity index (χ0v) is 8.53. The quantitative estimate of drug-likeness (QED) is 0.819. The summed E-state index contributed by atoms with van der Waals surface area (Å²) in [6, 6.07) is 5.70. The first-order valence-electron chi connectivity index (χ1n) is 4.32. The standard InChI is InChI=1S/C10H10N2OS/c1-7(13)9-6-14-10(12-9)8-4-2-3-5-11-8/h2-7,13H,1H3. The number of aliphatic hydroxyl groups is 1. The van der Waals surface area contributed by atoms with Crippen molar-refractivity contribution >= 4 is 11.3 Å². The van der Waals surface area contributed by atoms with Gasteiger partial charge in [-0.05, 0) is 19.1 Å². The Labute approximate surface area is 86.1 Å². The molecule has 2 heterocycles. The number of thiazole rings is 1. The summed E-state index contributed by atoms with van der Waals surface area (Å²) < 4.78 is 0. The highest BCUT2D eigenvalue weighted by atomic mass is 32.1. The Morgan fingerprint density at radius 2 is 2.29 bits per heavy atom. The monoisotopic (exact) mass is 206 g/mol. The Kier molecular flexibility index (Phi) is 2.56. The maximum atomic E-state index is 9.31. The predicted octanol–water partition coefficient (Wildman–Crippen LogP) is 2.26. The molecule has 14 heavy (non-hydrogen) atoms. The van der Waals surface area contributed by atoms with Crippen molar-refractivity contribution in [3.05, 3.63) is 35.5 Å². The minimum absolute atomic E-state index is 0.510. The molecular weight excluding hydrogens is 196 g/mol. The van der Waals surface area contributed by atoms with E-state index < -0.39 is 6.10 Å². The highest BCUT2D eigenvalue weighted by Gasteiger charge is 2.08. The van der Waals surface area contributed by atoms with E-state index in [1.54, 1.807) is 13.1 Å². The molecule has 0 bridgehead atoms. The summed E-state index contributed by atoms with van der Waals surface area (Å²) in [6.45, 7) is 1.71. The normalized spacial score (nSPS) is 12.7. The molecule has 4 heteroatoms. The molecule has 0 radical (unpaired) electrons. The molecule has 0 aliphatic rings. The molecule has 0 aromatic carbocycles. The van der Waals surface area contributed by atoms with Gasteiger partial charge in [0.15, 0.2) is 0 Å². The zero-order chi connectivity index (χ0) is 9.97. The van der Waals surface area contributed by atoms with E-state index in [2.05, 4.69) is 9.97 Å². The van der Waals surface area contributed by atoms with Crippen LogP contribution in [-0.2, 0) is 0 Å². The van der Waals surface area contributed by atoms with Crippen molar-refractivity contribution in [2.45, 2.75) is 13.0 Å². The van der Waals surface area contributed by atoms with Crippen LogP contribution in [0, 0.1) is 0 Å². The molecule has 2 aromatic heterocycles. The van der Waals surface area contributed by atoms with Gasteiger partial charge >= 0.3 is 0 Å². The van der Waals surface area contributed by atoms with Crippen LogP contribution >= 0.6 is 11.3 Å². The summed E-state index contributed by atoms with van der Waals surface area (Å²) in [5, 5.41) is 12.0. The van der Waals surface area contributed by atoms with Crippen LogP contribution in [0.4, 0.5) is 0 Å². The SMILES string of the molecule is CC(O)c1csc(-c2ccccn2)n1. The average molecular weight is 206 g/mol. The second-order valence-electron chi connectivity index (χ2n) is 2.97. The summed E-state index contributed by atoms with van der Waals surface area (Å²) >= 11 is 1.50. The first-order valence-corrected chi connectivity index (χ1v) is 5.20. The van der Waals surface area contributed by atoms with Crippen molar-refractivity contribution in [2.75, 3.05) is 0 Å². The third-order valence-electron chi connectivity index (χ3n) is 1.83. The fraction of sp³-hybridized carbons (Fsp3) is 0.200. The fourth-order valence-corrected chi connectivity index (χ4v) is 1.97. The van der Waals surface area contributed by atoms with Gasteiger partial charge in [0.2, 0.25) is 0 Å². The van der Waals surface area contributed by atoms with Crippen LogP contribution in [0.3, 0.4) is 0 Å². The van der Waals surface area contributed by atoms with Gasteiger partial charge in [-0.25, -0.2) is 4.98 Å². The minimum Gasteiger partial charge on any atom is -0.387 e. The lowest BCUT2D eigenvalue weighted by Crippen LogP contribution is -1.90. The van der Waals surface area contributed by atoms with Crippen LogP contribution in [0.1, 0.15) is 18.7 Å². The molecule has 1 atom stereocenters. The highest BCUT2D eigenvalue weighted by molar-refractivity contribution is 7.13. The highest BCUT2D eigenvalue weighted by Crippen LogP contribution is 2.23. The first kappa shape index (κ1) is 9.30. The van der Waals surface area contributed by atoms with Gasteiger partial charge in [0.1, 0.15) is 5.01 Å². The summed E-state index contributed by atoms with van der Waals surface area (Å²) in [7, 11) is 0. The van der Waals surface area contributed by atoms with E-state index in [4.69, 9.17) is 0 Å². The number of hydrogen-bond donors (Lipinski definition) is 1. The van der Waals surface area contributed by atoms with Gasteiger partial charge in [0.05, 0.1) is 17.5 Å². The molecular formula is C10H10N2OS. The molecule has 0 aliphatic carbocycles. The Bertz CT molecular complexity index is 411. The predicted molar refractivity (Wildman–Crippen MR) is 56.0 cm³/mol. The first-order chi connectivity index (χ1) is 6.77. The van der Waals surface area contributed by atoms with Crippen molar-refractivity contribution < 1.29 is 5.11 Å². The van der Waals surface area contributed by atoms with E-state index in [-0.39, 0.29) is 0 Å². The third kappa shape index (κ3) is 1.81. The molecule has 1 unspecified atom stereocenters. The van der Waals surface area contributed by atoms with Crippen molar-refractivity contribution in [1.82, 2.24) is 9.97 Å². The van der Waals surface area contributed by atoms with Crippen LogP contribution < -0.4 is 0 Å². The number of hydrogen-bond acceptors (Lipinski definition) is 4. The van der Waals surface area contributed by atoms with Gasteiger partial charge in [0.25, 0.3) is 0 Å². The maximum absolute atomic E-state index is 9.31. The summed E-state index contributed by atoms with van der Waals surface area (Å²) in [4.78, 5) is 8.47. The molecule has 0 saturated heterocycles. The largest absolute Gasteiger partial charge is 0.387 e. The van der Waals surface area contributed by atoms with Gasteiger partial charge < -0.3 is 5.11 Å². The van der Waals surface area contributed by atoms with Gasteiger partial charge in [-0.1, -0.05) is 6.07 Å². The van der Waals surface area contributed by atoms with Crippen LogP contribution in [0.25, 0.3) is 10.7 Å². The number of aliphatic hydroxyl groups excluding tert-OH is 1. The molecule has 0 saturated carbocycles. The fourth-order valence-electron chi connectivity index (χ4n) is 1.08. The number of nitrogens with zero attached hydrogens (tertiary/aromatic N) is 2. The molecule has 0 fully saturated rings. The molecule has 0 aliphatic heterocycles.